The molecule has 4 rings (SSSR count). The van der Waals surface area contributed by atoms with E-state index in [-0.39, 0.29) is 23.5 Å². The van der Waals surface area contributed by atoms with Gasteiger partial charge < -0.3 is 10.2 Å². The zero-order chi connectivity index (χ0) is 16.2. The normalized spacial score (nSPS) is 48.9. The smallest absolute Gasteiger partial charge is 0.0588 e. The Morgan fingerprint density at radius 1 is 1.13 bits per heavy atom. The van der Waals surface area contributed by atoms with E-state index in [9.17, 15) is 10.2 Å². The Hall–Kier alpha value is -0.600. The van der Waals surface area contributed by atoms with Gasteiger partial charge in [0.05, 0.1) is 6.10 Å². The highest BCUT2D eigenvalue weighted by Gasteiger charge is 2.59. The quantitative estimate of drug-likeness (QED) is 0.749. The van der Waals surface area contributed by atoms with E-state index in [1.165, 1.54) is 31.3 Å². The van der Waals surface area contributed by atoms with Crippen LogP contribution in [0, 0.1) is 28.6 Å². The van der Waals surface area contributed by atoms with Gasteiger partial charge in [-0.05, 0) is 73.5 Å². The van der Waals surface area contributed by atoms with Crippen molar-refractivity contribution in [3.05, 3.63) is 23.3 Å². The Balaban J connectivity index is 1.70. The average molecular weight is 316 g/mol. The second-order valence-electron chi connectivity index (χ2n) is 9.01. The van der Waals surface area contributed by atoms with E-state index < -0.39 is 0 Å². The van der Waals surface area contributed by atoms with Gasteiger partial charge in [-0.15, -0.1) is 0 Å². The second-order valence-corrected chi connectivity index (χ2v) is 9.01. The minimum atomic E-state index is -0.187. The standard InChI is InChI=1S/C21H32O2/c1-20-11-4-3-5-14(20)6-8-16-17-9-7-15(10-12-22)21(17,2)13-18(23)19(16)20/h6-7,16-19,22-23H,3-5,8-13H2,1-2H3/t16-,17-,18-,19+,20-,21+/m0/s1. The summed E-state index contributed by atoms with van der Waals surface area (Å²) in [5.41, 5.74) is 3.40. The molecule has 2 fully saturated rings. The van der Waals surface area contributed by atoms with E-state index in [1.54, 1.807) is 5.57 Å². The summed E-state index contributed by atoms with van der Waals surface area (Å²) in [4.78, 5) is 0. The molecule has 0 aromatic carbocycles. The van der Waals surface area contributed by atoms with Gasteiger partial charge in [-0.25, -0.2) is 0 Å². The summed E-state index contributed by atoms with van der Waals surface area (Å²) in [6.07, 6.45) is 13.9. The first-order chi connectivity index (χ1) is 11.0. The van der Waals surface area contributed by atoms with Gasteiger partial charge in [0.1, 0.15) is 0 Å². The topological polar surface area (TPSA) is 40.5 Å². The monoisotopic (exact) mass is 316 g/mol. The average Bonchev–Trinajstić information content (AvgIpc) is 2.83. The fourth-order valence-corrected chi connectivity index (χ4v) is 6.99. The van der Waals surface area contributed by atoms with Gasteiger partial charge >= 0.3 is 0 Å². The van der Waals surface area contributed by atoms with Crippen LogP contribution in [0.25, 0.3) is 0 Å². The van der Waals surface area contributed by atoms with Gasteiger partial charge in [0.2, 0.25) is 0 Å². The minimum absolute atomic E-state index is 0.111. The molecule has 0 unspecified atom stereocenters. The van der Waals surface area contributed by atoms with E-state index in [0.29, 0.717) is 17.8 Å². The lowest BCUT2D eigenvalue weighted by Gasteiger charge is -2.59. The lowest BCUT2D eigenvalue weighted by atomic mass is 9.46. The highest BCUT2D eigenvalue weighted by molar-refractivity contribution is 5.30. The van der Waals surface area contributed by atoms with Gasteiger partial charge in [-0.2, -0.15) is 0 Å². The van der Waals surface area contributed by atoms with Crippen LogP contribution in [0.3, 0.4) is 0 Å². The minimum Gasteiger partial charge on any atom is -0.396 e. The van der Waals surface area contributed by atoms with Crippen LogP contribution in [0.2, 0.25) is 0 Å². The molecule has 0 aliphatic heterocycles. The van der Waals surface area contributed by atoms with Gasteiger partial charge in [0.15, 0.2) is 0 Å². The Labute approximate surface area is 140 Å². The maximum atomic E-state index is 11.2. The molecule has 0 radical (unpaired) electrons. The van der Waals surface area contributed by atoms with Crippen molar-refractivity contribution in [2.45, 2.75) is 71.3 Å². The van der Waals surface area contributed by atoms with Crippen LogP contribution >= 0.6 is 0 Å². The SMILES string of the molecule is C[C@]12CCCCC1=CC[C@@H]1[C@@H]2[C@@H](O)C[C@]2(C)C(CCO)=CC[C@@H]12. The molecule has 2 N–H and O–H groups in total. The molecule has 128 valence electrons. The summed E-state index contributed by atoms with van der Waals surface area (Å²) < 4.78 is 0. The molecule has 0 bridgehead atoms. The van der Waals surface area contributed by atoms with Crippen LogP contribution < -0.4 is 0 Å². The molecule has 6 atom stereocenters. The molecule has 23 heavy (non-hydrogen) atoms. The Bertz CT molecular complexity index is 548. The third-order valence-corrected chi connectivity index (χ3v) is 8.07. The summed E-state index contributed by atoms with van der Waals surface area (Å²) >= 11 is 0. The Kier molecular flexibility index (Phi) is 3.77. The number of fused-ring (bicyclic) bond motifs is 5. The molecule has 2 saturated carbocycles. The van der Waals surface area contributed by atoms with Crippen LogP contribution in [0.1, 0.15) is 65.2 Å². The number of aliphatic hydroxyl groups is 2. The fourth-order valence-electron chi connectivity index (χ4n) is 6.99. The van der Waals surface area contributed by atoms with Crippen LogP contribution in [-0.4, -0.2) is 22.9 Å². The summed E-state index contributed by atoms with van der Waals surface area (Å²) in [6, 6.07) is 0. The van der Waals surface area contributed by atoms with Crippen molar-refractivity contribution in [2.75, 3.05) is 6.61 Å². The largest absolute Gasteiger partial charge is 0.396 e. The number of rotatable bonds is 2. The first kappa shape index (κ1) is 15.9. The number of hydrogen-bond donors (Lipinski definition) is 2. The lowest BCUT2D eigenvalue weighted by molar-refractivity contribution is -0.105. The van der Waals surface area contributed by atoms with E-state index in [2.05, 4.69) is 26.0 Å². The van der Waals surface area contributed by atoms with E-state index in [1.807, 2.05) is 0 Å². The molecule has 4 aliphatic carbocycles. The molecule has 0 aromatic heterocycles. The summed E-state index contributed by atoms with van der Waals surface area (Å²) in [5.74, 6) is 1.72. The van der Waals surface area contributed by atoms with Crippen molar-refractivity contribution in [3.8, 4) is 0 Å². The summed E-state index contributed by atoms with van der Waals surface area (Å²) in [6.45, 7) is 5.03. The van der Waals surface area contributed by atoms with Crippen LogP contribution in [0.15, 0.2) is 23.3 Å². The number of hydrogen-bond acceptors (Lipinski definition) is 2. The molecule has 0 aromatic rings. The van der Waals surface area contributed by atoms with Gasteiger partial charge in [-0.1, -0.05) is 43.6 Å². The van der Waals surface area contributed by atoms with Crippen LogP contribution in [0.5, 0.6) is 0 Å². The molecule has 0 amide bonds. The second kappa shape index (κ2) is 5.46. The summed E-state index contributed by atoms with van der Waals surface area (Å²) in [5, 5.41) is 20.6. The van der Waals surface area contributed by atoms with Gasteiger partial charge in [0.25, 0.3) is 0 Å². The Morgan fingerprint density at radius 3 is 2.74 bits per heavy atom. The predicted octanol–water partition coefficient (Wildman–Crippen LogP) is 4.23. The lowest BCUT2D eigenvalue weighted by Crippen LogP contribution is -2.55. The fraction of sp³-hybridized carbons (Fsp3) is 0.810. The van der Waals surface area contributed by atoms with Crippen molar-refractivity contribution in [1.82, 2.24) is 0 Å². The Morgan fingerprint density at radius 2 is 1.96 bits per heavy atom. The third-order valence-electron chi connectivity index (χ3n) is 8.07. The molecule has 4 aliphatic rings. The number of aliphatic hydroxyl groups excluding tert-OH is 2. The zero-order valence-corrected chi connectivity index (χ0v) is 14.7. The van der Waals surface area contributed by atoms with Crippen LogP contribution in [-0.2, 0) is 0 Å². The van der Waals surface area contributed by atoms with E-state index in [0.717, 1.165) is 25.7 Å². The van der Waals surface area contributed by atoms with Crippen molar-refractivity contribution in [3.63, 3.8) is 0 Å². The van der Waals surface area contributed by atoms with Gasteiger partial charge in [-0.3, -0.25) is 0 Å². The van der Waals surface area contributed by atoms with E-state index in [4.69, 9.17) is 0 Å². The highest BCUT2D eigenvalue weighted by atomic mass is 16.3. The first-order valence-corrected chi connectivity index (χ1v) is 9.68. The molecule has 2 heteroatoms. The highest BCUT2D eigenvalue weighted by Crippen LogP contribution is 2.65. The number of allylic oxidation sites excluding steroid dienone is 3. The predicted molar refractivity (Wildman–Crippen MR) is 92.9 cm³/mol. The van der Waals surface area contributed by atoms with Crippen molar-refractivity contribution >= 4 is 0 Å². The van der Waals surface area contributed by atoms with Crippen molar-refractivity contribution in [2.24, 2.45) is 28.6 Å². The van der Waals surface area contributed by atoms with Crippen molar-refractivity contribution in [1.29, 1.82) is 0 Å². The van der Waals surface area contributed by atoms with E-state index >= 15 is 0 Å². The third kappa shape index (κ3) is 2.14. The molecule has 0 heterocycles. The summed E-state index contributed by atoms with van der Waals surface area (Å²) in [7, 11) is 0. The maximum absolute atomic E-state index is 11.2. The first-order valence-electron chi connectivity index (χ1n) is 9.68. The molecule has 2 nitrogen and oxygen atoms in total. The van der Waals surface area contributed by atoms with Crippen molar-refractivity contribution < 1.29 is 10.2 Å². The molecular formula is C21H32O2. The maximum Gasteiger partial charge on any atom is 0.0588 e. The van der Waals surface area contributed by atoms with Crippen LogP contribution in [0.4, 0.5) is 0 Å². The molecular weight excluding hydrogens is 284 g/mol. The molecule has 0 saturated heterocycles. The van der Waals surface area contributed by atoms with Gasteiger partial charge in [0, 0.05) is 6.61 Å². The zero-order valence-electron chi connectivity index (χ0n) is 14.7. The molecule has 0 spiro atoms.